The zero-order chi connectivity index (χ0) is 12.1. The van der Waals surface area contributed by atoms with Gasteiger partial charge < -0.3 is 4.74 Å². The molecule has 0 atom stereocenters. The van der Waals surface area contributed by atoms with E-state index in [1.165, 1.54) is 17.7 Å². The Morgan fingerprint density at radius 2 is 1.76 bits per heavy atom. The average molecular weight is 295 g/mol. The molecule has 2 aromatic rings. The van der Waals surface area contributed by atoms with Gasteiger partial charge in [-0.2, -0.15) is 0 Å². The number of ether oxygens (including phenoxy) is 1. The van der Waals surface area contributed by atoms with E-state index in [-0.39, 0.29) is 5.82 Å². The standard InChI is InChI=1S/C14H12BrFO/c15-9-8-11-2-1-3-14(10-11)17-13-6-4-12(16)5-7-13/h1-7,10H,8-9H2. The minimum absolute atomic E-state index is 0.259. The van der Waals surface area contributed by atoms with E-state index in [0.717, 1.165) is 17.5 Å². The maximum absolute atomic E-state index is 12.7. The highest BCUT2D eigenvalue weighted by molar-refractivity contribution is 9.09. The lowest BCUT2D eigenvalue weighted by Gasteiger charge is -2.07. The lowest BCUT2D eigenvalue weighted by Crippen LogP contribution is -1.88. The van der Waals surface area contributed by atoms with E-state index in [1.807, 2.05) is 18.2 Å². The van der Waals surface area contributed by atoms with Gasteiger partial charge in [0.2, 0.25) is 0 Å². The van der Waals surface area contributed by atoms with Crippen LogP contribution in [0, 0.1) is 5.82 Å². The van der Waals surface area contributed by atoms with Crippen molar-refractivity contribution in [3.63, 3.8) is 0 Å². The summed E-state index contributed by atoms with van der Waals surface area (Å²) in [4.78, 5) is 0. The molecule has 0 radical (unpaired) electrons. The average Bonchev–Trinajstić information content (AvgIpc) is 2.33. The van der Waals surface area contributed by atoms with Crippen LogP contribution < -0.4 is 4.74 Å². The fourth-order valence-electron chi connectivity index (χ4n) is 1.51. The minimum atomic E-state index is -0.259. The highest BCUT2D eigenvalue weighted by Crippen LogP contribution is 2.22. The number of benzene rings is 2. The van der Waals surface area contributed by atoms with Crippen molar-refractivity contribution in [3.8, 4) is 11.5 Å². The van der Waals surface area contributed by atoms with Crippen LogP contribution >= 0.6 is 15.9 Å². The van der Waals surface area contributed by atoms with Gasteiger partial charge in [-0.05, 0) is 48.4 Å². The Morgan fingerprint density at radius 1 is 1.00 bits per heavy atom. The first-order valence-corrected chi connectivity index (χ1v) is 6.48. The Labute approximate surface area is 108 Å². The summed E-state index contributed by atoms with van der Waals surface area (Å²) in [5, 5.41) is 0.924. The van der Waals surface area contributed by atoms with Crippen molar-refractivity contribution >= 4 is 15.9 Å². The van der Waals surface area contributed by atoms with E-state index in [1.54, 1.807) is 12.1 Å². The first-order chi connectivity index (χ1) is 8.28. The van der Waals surface area contributed by atoms with Gasteiger partial charge in [0, 0.05) is 5.33 Å². The van der Waals surface area contributed by atoms with Crippen LogP contribution in [0.4, 0.5) is 4.39 Å². The van der Waals surface area contributed by atoms with Gasteiger partial charge in [0.25, 0.3) is 0 Å². The van der Waals surface area contributed by atoms with Crippen molar-refractivity contribution in [2.45, 2.75) is 6.42 Å². The Bertz CT molecular complexity index is 482. The molecule has 2 aromatic carbocycles. The molecule has 0 aliphatic rings. The smallest absolute Gasteiger partial charge is 0.127 e. The number of halogens is 2. The van der Waals surface area contributed by atoms with E-state index < -0.39 is 0 Å². The highest BCUT2D eigenvalue weighted by Gasteiger charge is 1.99. The lowest BCUT2D eigenvalue weighted by molar-refractivity contribution is 0.480. The molecule has 0 N–H and O–H groups in total. The van der Waals surface area contributed by atoms with E-state index in [4.69, 9.17) is 4.74 Å². The molecule has 0 aromatic heterocycles. The van der Waals surface area contributed by atoms with Crippen LogP contribution in [0.1, 0.15) is 5.56 Å². The highest BCUT2D eigenvalue weighted by atomic mass is 79.9. The maximum atomic E-state index is 12.7. The molecule has 17 heavy (non-hydrogen) atoms. The van der Waals surface area contributed by atoms with Crippen molar-refractivity contribution in [2.24, 2.45) is 0 Å². The Morgan fingerprint density at radius 3 is 2.47 bits per heavy atom. The number of aryl methyl sites for hydroxylation is 1. The van der Waals surface area contributed by atoms with Crippen molar-refractivity contribution in [1.29, 1.82) is 0 Å². The van der Waals surface area contributed by atoms with E-state index >= 15 is 0 Å². The quantitative estimate of drug-likeness (QED) is 0.752. The monoisotopic (exact) mass is 294 g/mol. The third kappa shape index (κ3) is 3.56. The van der Waals surface area contributed by atoms with Gasteiger partial charge in [-0.15, -0.1) is 0 Å². The molecular weight excluding hydrogens is 283 g/mol. The van der Waals surface area contributed by atoms with Gasteiger partial charge in [0.05, 0.1) is 0 Å². The number of alkyl halides is 1. The molecule has 0 aliphatic heterocycles. The molecule has 0 saturated carbocycles. The predicted molar refractivity (Wildman–Crippen MR) is 70.4 cm³/mol. The second-order valence-electron chi connectivity index (χ2n) is 3.64. The molecule has 88 valence electrons. The number of hydrogen-bond acceptors (Lipinski definition) is 1. The second kappa shape index (κ2) is 5.82. The third-order valence-corrected chi connectivity index (χ3v) is 2.73. The Hall–Kier alpha value is -1.35. The van der Waals surface area contributed by atoms with Crippen molar-refractivity contribution in [2.75, 3.05) is 5.33 Å². The maximum Gasteiger partial charge on any atom is 0.127 e. The van der Waals surface area contributed by atoms with Gasteiger partial charge in [-0.3, -0.25) is 0 Å². The Kier molecular flexibility index (Phi) is 4.15. The summed E-state index contributed by atoms with van der Waals surface area (Å²) in [5.41, 5.74) is 1.21. The van der Waals surface area contributed by atoms with Crippen LogP contribution in [0.25, 0.3) is 0 Å². The minimum Gasteiger partial charge on any atom is -0.457 e. The molecule has 0 unspecified atom stereocenters. The molecule has 0 fully saturated rings. The summed E-state index contributed by atoms with van der Waals surface area (Å²) in [7, 11) is 0. The zero-order valence-corrected chi connectivity index (χ0v) is 10.8. The molecular formula is C14H12BrFO. The molecule has 0 amide bonds. The summed E-state index contributed by atoms with van der Waals surface area (Å²) in [6, 6.07) is 13.9. The van der Waals surface area contributed by atoms with E-state index in [2.05, 4.69) is 22.0 Å². The van der Waals surface area contributed by atoms with Gasteiger partial charge >= 0.3 is 0 Å². The topological polar surface area (TPSA) is 9.23 Å². The normalized spacial score (nSPS) is 10.2. The van der Waals surface area contributed by atoms with Crippen LogP contribution in [-0.2, 0) is 6.42 Å². The van der Waals surface area contributed by atoms with E-state index in [9.17, 15) is 4.39 Å². The largest absolute Gasteiger partial charge is 0.457 e. The SMILES string of the molecule is Fc1ccc(Oc2cccc(CCBr)c2)cc1. The van der Waals surface area contributed by atoms with Gasteiger partial charge in [-0.25, -0.2) is 4.39 Å². The van der Waals surface area contributed by atoms with Crippen molar-refractivity contribution in [3.05, 3.63) is 59.9 Å². The number of rotatable bonds is 4. The molecule has 0 bridgehead atoms. The summed E-state index contributed by atoms with van der Waals surface area (Å²) >= 11 is 3.40. The van der Waals surface area contributed by atoms with Crippen molar-refractivity contribution < 1.29 is 9.13 Å². The first kappa shape index (κ1) is 12.1. The Balaban J connectivity index is 2.12. The molecule has 1 nitrogen and oxygen atoms in total. The predicted octanol–water partition coefficient (Wildman–Crippen LogP) is 4.56. The zero-order valence-electron chi connectivity index (χ0n) is 9.20. The summed E-state index contributed by atoms with van der Waals surface area (Å²) in [5.74, 6) is 1.16. The van der Waals surface area contributed by atoms with E-state index in [0.29, 0.717) is 5.75 Å². The summed E-state index contributed by atoms with van der Waals surface area (Å²) < 4.78 is 18.4. The second-order valence-corrected chi connectivity index (χ2v) is 4.44. The van der Waals surface area contributed by atoms with Crippen LogP contribution in [0.5, 0.6) is 11.5 Å². The van der Waals surface area contributed by atoms with Crippen LogP contribution in [0.3, 0.4) is 0 Å². The van der Waals surface area contributed by atoms with Gasteiger partial charge in [0.1, 0.15) is 17.3 Å². The molecule has 0 heterocycles. The molecule has 0 saturated heterocycles. The number of hydrogen-bond donors (Lipinski definition) is 0. The first-order valence-electron chi connectivity index (χ1n) is 5.36. The fourth-order valence-corrected chi connectivity index (χ4v) is 1.97. The van der Waals surface area contributed by atoms with Crippen LogP contribution in [-0.4, -0.2) is 5.33 Å². The molecule has 0 spiro atoms. The molecule has 2 rings (SSSR count). The summed E-state index contributed by atoms with van der Waals surface area (Å²) in [6.45, 7) is 0. The van der Waals surface area contributed by atoms with Gasteiger partial charge in [-0.1, -0.05) is 28.1 Å². The third-order valence-electron chi connectivity index (χ3n) is 2.33. The molecule has 0 aliphatic carbocycles. The lowest BCUT2D eigenvalue weighted by atomic mass is 10.2. The van der Waals surface area contributed by atoms with Gasteiger partial charge in [0.15, 0.2) is 0 Å². The van der Waals surface area contributed by atoms with Crippen LogP contribution in [0.2, 0.25) is 0 Å². The van der Waals surface area contributed by atoms with Crippen LogP contribution in [0.15, 0.2) is 48.5 Å². The summed E-state index contributed by atoms with van der Waals surface area (Å²) in [6.07, 6.45) is 0.959. The fraction of sp³-hybridized carbons (Fsp3) is 0.143. The molecule has 3 heteroatoms. The van der Waals surface area contributed by atoms with Crippen molar-refractivity contribution in [1.82, 2.24) is 0 Å².